The van der Waals surface area contributed by atoms with Gasteiger partial charge in [-0.05, 0) is 37.3 Å². The minimum atomic E-state index is -0.507. The van der Waals surface area contributed by atoms with Crippen LogP contribution in [-0.2, 0) is 6.54 Å². The second-order valence-corrected chi connectivity index (χ2v) is 7.33. The summed E-state index contributed by atoms with van der Waals surface area (Å²) < 4.78 is 29.0. The molecule has 31 heavy (non-hydrogen) atoms. The standard InChI is InChI=1S/C23H15ClF2N4O/c1-12-22(24)23(29-11-15-6-13(9-27)2-4-18(15)25)17-7-16(19(26)8-20(17)30-12)14-3-5-21(31)28-10-14/h2-8,10H,11H2,1H3,(H,28,31)(H,29,30). The Morgan fingerprint density at radius 3 is 2.68 bits per heavy atom. The molecular formula is C23H15ClF2N4O. The van der Waals surface area contributed by atoms with Gasteiger partial charge >= 0.3 is 0 Å². The number of benzene rings is 2. The second kappa shape index (κ2) is 8.17. The molecule has 2 aromatic heterocycles. The molecule has 4 aromatic rings. The van der Waals surface area contributed by atoms with E-state index in [4.69, 9.17) is 16.9 Å². The quantitative estimate of drug-likeness (QED) is 0.454. The summed E-state index contributed by atoms with van der Waals surface area (Å²) in [5.74, 6) is -0.967. The average Bonchev–Trinajstić information content (AvgIpc) is 2.76. The van der Waals surface area contributed by atoms with E-state index in [9.17, 15) is 13.6 Å². The summed E-state index contributed by atoms with van der Waals surface area (Å²) >= 11 is 6.48. The number of hydrogen-bond acceptors (Lipinski definition) is 4. The highest BCUT2D eigenvalue weighted by Gasteiger charge is 2.16. The van der Waals surface area contributed by atoms with Gasteiger partial charge in [0.25, 0.3) is 0 Å². The molecule has 0 unspecified atom stereocenters. The smallest absolute Gasteiger partial charge is 0.247 e. The SMILES string of the molecule is Cc1nc2cc(F)c(-c3ccc(=O)[nH]c3)cc2c(NCc2cc(C#N)ccc2F)c1Cl. The lowest BCUT2D eigenvalue weighted by Gasteiger charge is -2.15. The molecule has 4 rings (SSSR count). The normalized spacial score (nSPS) is 10.8. The summed E-state index contributed by atoms with van der Waals surface area (Å²) in [7, 11) is 0. The minimum Gasteiger partial charge on any atom is -0.379 e. The van der Waals surface area contributed by atoms with E-state index in [2.05, 4.69) is 15.3 Å². The Hall–Kier alpha value is -3.76. The van der Waals surface area contributed by atoms with Gasteiger partial charge in [-0.1, -0.05) is 11.6 Å². The molecule has 2 N–H and O–H groups in total. The second-order valence-electron chi connectivity index (χ2n) is 6.95. The Labute approximate surface area is 180 Å². The van der Waals surface area contributed by atoms with E-state index >= 15 is 0 Å². The molecular weight excluding hydrogens is 422 g/mol. The van der Waals surface area contributed by atoms with E-state index in [1.165, 1.54) is 42.6 Å². The molecule has 0 aliphatic rings. The van der Waals surface area contributed by atoms with Crippen LogP contribution in [0.4, 0.5) is 14.5 Å². The van der Waals surface area contributed by atoms with Gasteiger partial charge in [0.05, 0.1) is 33.6 Å². The maximum atomic E-state index is 14.8. The first-order valence-corrected chi connectivity index (χ1v) is 9.66. The summed E-state index contributed by atoms with van der Waals surface area (Å²) in [4.78, 5) is 18.2. The third-order valence-corrected chi connectivity index (χ3v) is 5.37. The number of nitriles is 1. The van der Waals surface area contributed by atoms with Crippen molar-refractivity contribution in [2.75, 3.05) is 5.32 Å². The number of rotatable bonds is 4. The van der Waals surface area contributed by atoms with E-state index in [1.807, 2.05) is 6.07 Å². The predicted octanol–water partition coefficient (Wildman–Crippen LogP) is 5.31. The van der Waals surface area contributed by atoms with E-state index in [1.54, 1.807) is 13.0 Å². The Morgan fingerprint density at radius 2 is 1.97 bits per heavy atom. The number of halogens is 3. The number of aryl methyl sites for hydroxylation is 1. The Morgan fingerprint density at radius 1 is 1.16 bits per heavy atom. The molecule has 0 aliphatic heterocycles. The fraction of sp³-hybridized carbons (Fsp3) is 0.0870. The summed E-state index contributed by atoms with van der Waals surface area (Å²) in [6.07, 6.45) is 1.42. The van der Waals surface area contributed by atoms with Gasteiger partial charge in [-0.3, -0.25) is 9.78 Å². The first-order valence-electron chi connectivity index (χ1n) is 9.28. The maximum Gasteiger partial charge on any atom is 0.247 e. The van der Waals surface area contributed by atoms with Gasteiger partial charge in [-0.15, -0.1) is 0 Å². The lowest BCUT2D eigenvalue weighted by atomic mass is 10.0. The monoisotopic (exact) mass is 436 g/mol. The van der Waals surface area contributed by atoms with Crippen molar-refractivity contribution in [1.82, 2.24) is 9.97 Å². The van der Waals surface area contributed by atoms with Crippen LogP contribution >= 0.6 is 11.6 Å². The fourth-order valence-corrected chi connectivity index (χ4v) is 3.53. The number of hydrogen-bond donors (Lipinski definition) is 2. The van der Waals surface area contributed by atoms with Gasteiger partial charge < -0.3 is 10.3 Å². The molecule has 154 valence electrons. The lowest BCUT2D eigenvalue weighted by Crippen LogP contribution is -2.05. The maximum absolute atomic E-state index is 14.8. The highest BCUT2D eigenvalue weighted by Crippen LogP contribution is 2.36. The van der Waals surface area contributed by atoms with E-state index in [0.29, 0.717) is 44.0 Å². The van der Waals surface area contributed by atoms with Crippen LogP contribution in [0.3, 0.4) is 0 Å². The average molecular weight is 437 g/mol. The predicted molar refractivity (Wildman–Crippen MR) is 116 cm³/mol. The molecule has 5 nitrogen and oxygen atoms in total. The van der Waals surface area contributed by atoms with Crippen molar-refractivity contribution in [1.29, 1.82) is 5.26 Å². The number of nitrogens with zero attached hydrogens (tertiary/aromatic N) is 2. The Bertz CT molecular complexity index is 1410. The van der Waals surface area contributed by atoms with Crippen molar-refractivity contribution < 1.29 is 8.78 Å². The molecule has 2 heterocycles. The molecule has 0 aliphatic carbocycles. The van der Waals surface area contributed by atoms with Crippen LogP contribution in [0.25, 0.3) is 22.0 Å². The van der Waals surface area contributed by atoms with Gasteiger partial charge in [-0.25, -0.2) is 8.78 Å². The van der Waals surface area contributed by atoms with Crippen LogP contribution in [0.2, 0.25) is 5.02 Å². The summed E-state index contributed by atoms with van der Waals surface area (Å²) in [6.45, 7) is 1.75. The minimum absolute atomic E-state index is 0.0605. The lowest BCUT2D eigenvalue weighted by molar-refractivity contribution is 0.613. The Balaban J connectivity index is 1.83. The van der Waals surface area contributed by atoms with Crippen LogP contribution in [0, 0.1) is 29.9 Å². The van der Waals surface area contributed by atoms with Crippen molar-refractivity contribution >= 4 is 28.2 Å². The molecule has 8 heteroatoms. The molecule has 2 aromatic carbocycles. The van der Waals surface area contributed by atoms with E-state index in [-0.39, 0.29) is 17.7 Å². The summed E-state index contributed by atoms with van der Waals surface area (Å²) in [5, 5.41) is 13.0. The molecule has 0 radical (unpaired) electrons. The van der Waals surface area contributed by atoms with Crippen LogP contribution in [-0.4, -0.2) is 9.97 Å². The number of aromatic nitrogens is 2. The third-order valence-electron chi connectivity index (χ3n) is 4.91. The molecule has 0 spiro atoms. The van der Waals surface area contributed by atoms with E-state index in [0.717, 1.165) is 0 Å². The number of fused-ring (bicyclic) bond motifs is 1. The molecule has 0 atom stereocenters. The van der Waals surface area contributed by atoms with Gasteiger partial charge in [0, 0.05) is 47.0 Å². The third kappa shape index (κ3) is 3.98. The van der Waals surface area contributed by atoms with Crippen molar-refractivity contribution in [2.24, 2.45) is 0 Å². The molecule has 0 saturated heterocycles. The number of pyridine rings is 2. The first-order chi connectivity index (χ1) is 14.9. The first kappa shape index (κ1) is 20.5. The summed E-state index contributed by atoms with van der Waals surface area (Å²) in [5.41, 5.74) is 2.40. The zero-order chi connectivity index (χ0) is 22.1. The van der Waals surface area contributed by atoms with Gasteiger partial charge in [0.1, 0.15) is 11.6 Å². The highest BCUT2D eigenvalue weighted by atomic mass is 35.5. The van der Waals surface area contributed by atoms with Crippen LogP contribution in [0.1, 0.15) is 16.8 Å². The van der Waals surface area contributed by atoms with Crippen molar-refractivity contribution in [3.63, 3.8) is 0 Å². The van der Waals surface area contributed by atoms with Crippen LogP contribution in [0.5, 0.6) is 0 Å². The largest absolute Gasteiger partial charge is 0.379 e. The zero-order valence-corrected chi connectivity index (χ0v) is 17.0. The molecule has 0 amide bonds. The molecule has 0 saturated carbocycles. The van der Waals surface area contributed by atoms with E-state index < -0.39 is 11.6 Å². The zero-order valence-electron chi connectivity index (χ0n) is 16.3. The number of nitrogens with one attached hydrogen (secondary N) is 2. The van der Waals surface area contributed by atoms with Gasteiger partial charge in [-0.2, -0.15) is 5.26 Å². The highest BCUT2D eigenvalue weighted by molar-refractivity contribution is 6.35. The number of H-pyrrole nitrogens is 1. The summed E-state index contributed by atoms with van der Waals surface area (Å²) in [6, 6.07) is 11.8. The van der Waals surface area contributed by atoms with Crippen molar-refractivity contribution in [2.45, 2.75) is 13.5 Å². The van der Waals surface area contributed by atoms with Gasteiger partial charge in [0.15, 0.2) is 0 Å². The Kier molecular flexibility index (Phi) is 5.40. The topological polar surface area (TPSA) is 81.6 Å². The molecule has 0 bridgehead atoms. The van der Waals surface area contributed by atoms with Crippen molar-refractivity contribution in [3.05, 3.63) is 92.5 Å². The number of anilines is 1. The van der Waals surface area contributed by atoms with Crippen LogP contribution < -0.4 is 10.9 Å². The van der Waals surface area contributed by atoms with Crippen molar-refractivity contribution in [3.8, 4) is 17.2 Å². The number of aromatic amines is 1. The van der Waals surface area contributed by atoms with Gasteiger partial charge in [0.2, 0.25) is 5.56 Å². The molecule has 0 fully saturated rings. The van der Waals surface area contributed by atoms with Crippen LogP contribution in [0.15, 0.2) is 53.5 Å². The fourth-order valence-electron chi connectivity index (χ4n) is 3.32.